The summed E-state index contributed by atoms with van der Waals surface area (Å²) < 4.78 is 0. The van der Waals surface area contributed by atoms with Crippen LogP contribution in [-0.4, -0.2) is 28.1 Å². The number of nitrogens with zero attached hydrogens (tertiary/aromatic N) is 1. The van der Waals surface area contributed by atoms with Gasteiger partial charge in [-0.15, -0.1) is 11.8 Å². The van der Waals surface area contributed by atoms with E-state index in [1.54, 1.807) is 31.2 Å². The number of carbonyl (C=O) groups is 2. The van der Waals surface area contributed by atoms with E-state index in [2.05, 4.69) is 40.7 Å². The third-order valence-electron chi connectivity index (χ3n) is 5.70. The maximum Gasteiger partial charge on any atom is 0.330 e. The molecule has 0 radical (unpaired) electrons. The van der Waals surface area contributed by atoms with Crippen molar-refractivity contribution in [1.82, 2.24) is 5.32 Å². The van der Waals surface area contributed by atoms with Gasteiger partial charge in [0.05, 0.1) is 16.8 Å². The largest absolute Gasteiger partial charge is 0.479 e. The average Bonchev–Trinajstić information content (AvgIpc) is 3.33. The predicted octanol–water partition coefficient (Wildman–Crippen LogP) is 5.16. The number of hydrogen-bond acceptors (Lipinski definition) is 4. The minimum atomic E-state index is -1.18. The molecule has 4 rings (SSSR count). The topological polar surface area (TPSA) is 105 Å². The van der Waals surface area contributed by atoms with Crippen molar-refractivity contribution in [2.45, 2.75) is 30.6 Å². The van der Waals surface area contributed by atoms with Gasteiger partial charge in [0.15, 0.2) is 6.04 Å². The summed E-state index contributed by atoms with van der Waals surface area (Å²) in [6.07, 6.45) is 2.62. The van der Waals surface area contributed by atoms with E-state index in [4.69, 9.17) is 5.73 Å². The number of aliphatic carboxylic acids is 1. The monoisotopic (exact) mass is 485 g/mol. The minimum Gasteiger partial charge on any atom is -0.479 e. The van der Waals surface area contributed by atoms with Crippen LogP contribution in [0.2, 0.25) is 0 Å². The van der Waals surface area contributed by atoms with Gasteiger partial charge >= 0.3 is 5.97 Å². The second-order valence-electron chi connectivity index (χ2n) is 8.33. The summed E-state index contributed by atoms with van der Waals surface area (Å²) >= 11 is 1.49. The van der Waals surface area contributed by atoms with E-state index in [1.807, 2.05) is 36.4 Å². The Balaban J connectivity index is 1.51. The zero-order valence-corrected chi connectivity index (χ0v) is 20.1. The Morgan fingerprint density at radius 1 is 0.971 bits per heavy atom. The Labute approximate surface area is 209 Å². The number of carboxylic acid groups (broad SMARTS) is 1. The van der Waals surface area contributed by atoms with Crippen molar-refractivity contribution in [1.29, 1.82) is 0 Å². The van der Waals surface area contributed by atoms with Crippen LogP contribution < -0.4 is 11.1 Å². The van der Waals surface area contributed by atoms with Crippen molar-refractivity contribution in [2.24, 2.45) is 10.7 Å². The molecule has 2 atom stereocenters. The average molecular weight is 486 g/mol. The van der Waals surface area contributed by atoms with Gasteiger partial charge in [0.25, 0.3) is 0 Å². The summed E-state index contributed by atoms with van der Waals surface area (Å²) in [5.41, 5.74) is 8.92. The maximum atomic E-state index is 13.2. The van der Waals surface area contributed by atoms with Gasteiger partial charge in [0.2, 0.25) is 5.91 Å². The Kier molecular flexibility index (Phi) is 7.67. The molecule has 1 aliphatic rings. The molecule has 0 saturated heterocycles. The third-order valence-corrected chi connectivity index (χ3v) is 7.06. The lowest BCUT2D eigenvalue weighted by molar-refractivity contribution is -0.141. The molecule has 4 N–H and O–H groups in total. The molecule has 3 aromatic rings. The number of rotatable bonds is 8. The molecule has 0 saturated carbocycles. The molecule has 1 heterocycles. The van der Waals surface area contributed by atoms with Crippen molar-refractivity contribution >= 4 is 35.2 Å². The zero-order valence-electron chi connectivity index (χ0n) is 19.3. The number of benzene rings is 3. The highest BCUT2D eigenvalue weighted by atomic mass is 32.2. The van der Waals surface area contributed by atoms with Crippen LogP contribution >= 0.6 is 11.8 Å². The van der Waals surface area contributed by atoms with E-state index in [-0.39, 0.29) is 11.8 Å². The van der Waals surface area contributed by atoms with Crippen molar-refractivity contribution in [3.8, 4) is 0 Å². The minimum absolute atomic E-state index is 0.0181. The van der Waals surface area contributed by atoms with Crippen LogP contribution in [0.4, 0.5) is 5.69 Å². The number of carbonyl (C=O) groups excluding carboxylic acids is 1. The number of amides is 1. The van der Waals surface area contributed by atoms with Crippen LogP contribution in [0.5, 0.6) is 0 Å². The van der Waals surface area contributed by atoms with Gasteiger partial charge in [-0.1, -0.05) is 78.9 Å². The molecule has 0 fully saturated rings. The summed E-state index contributed by atoms with van der Waals surface area (Å²) in [6, 6.07) is 25.9. The van der Waals surface area contributed by atoms with Crippen LogP contribution in [0.25, 0.3) is 0 Å². The van der Waals surface area contributed by atoms with Gasteiger partial charge in [-0.3, -0.25) is 4.79 Å². The van der Waals surface area contributed by atoms with Crippen LogP contribution in [-0.2, 0) is 9.59 Å². The lowest BCUT2D eigenvalue weighted by Crippen LogP contribution is -2.38. The molecule has 0 aliphatic carbocycles. The molecule has 0 spiro atoms. The van der Waals surface area contributed by atoms with E-state index < -0.39 is 17.3 Å². The van der Waals surface area contributed by atoms with Gasteiger partial charge in [-0.25, -0.2) is 9.79 Å². The number of carboxylic acids is 1. The van der Waals surface area contributed by atoms with Gasteiger partial charge in [0, 0.05) is 5.92 Å². The summed E-state index contributed by atoms with van der Waals surface area (Å²) in [4.78, 5) is 30.5. The number of nitrogens with one attached hydrogen (secondary N) is 1. The predicted molar refractivity (Wildman–Crippen MR) is 141 cm³/mol. The normalized spacial score (nSPS) is 16.6. The van der Waals surface area contributed by atoms with E-state index in [0.29, 0.717) is 23.5 Å². The Hall–Kier alpha value is -3.84. The number of amidine groups is 1. The molecule has 0 bridgehead atoms. The SMILES string of the molecule is CC(N)=Nc1cccc([C@H](NC(=O)C2CC=C(C(c3ccccc3)c3ccccc3)S2)C(=O)O)c1. The molecule has 6 nitrogen and oxygen atoms in total. The van der Waals surface area contributed by atoms with E-state index >= 15 is 0 Å². The van der Waals surface area contributed by atoms with E-state index in [0.717, 1.165) is 16.0 Å². The molecule has 178 valence electrons. The quantitative estimate of drug-likeness (QED) is 0.302. The molecular formula is C28H27N3O3S. The fourth-order valence-corrected chi connectivity index (χ4v) is 5.44. The molecule has 3 aromatic carbocycles. The first kappa shape index (κ1) is 24.3. The molecular weight excluding hydrogens is 458 g/mol. The standard InChI is InChI=1S/C28H27N3O3S/c1-18(29)30-22-14-8-13-21(17-22)26(28(33)34)31-27(32)24-16-15-23(35-24)25(19-9-4-2-5-10-19)20-11-6-3-7-12-20/h2-15,17,24-26H,16H2,1H3,(H2,29,30)(H,31,32)(H,33,34)/t24?,26-/m0/s1. The van der Waals surface area contributed by atoms with Crippen LogP contribution in [0.1, 0.15) is 42.0 Å². The second-order valence-corrected chi connectivity index (χ2v) is 9.61. The number of hydrogen-bond donors (Lipinski definition) is 3. The number of aliphatic imine (C=N–C) groups is 1. The molecule has 35 heavy (non-hydrogen) atoms. The van der Waals surface area contributed by atoms with Crippen LogP contribution in [0.3, 0.4) is 0 Å². The fourth-order valence-electron chi connectivity index (χ4n) is 4.14. The fraction of sp³-hybridized carbons (Fsp3) is 0.179. The first-order valence-electron chi connectivity index (χ1n) is 11.3. The van der Waals surface area contributed by atoms with E-state index in [1.165, 1.54) is 11.8 Å². The lowest BCUT2D eigenvalue weighted by atomic mass is 9.90. The summed E-state index contributed by atoms with van der Waals surface area (Å²) in [5.74, 6) is -1.06. The van der Waals surface area contributed by atoms with Gasteiger partial charge in [0.1, 0.15) is 0 Å². The Morgan fingerprint density at radius 3 is 2.14 bits per heavy atom. The molecule has 1 aliphatic heterocycles. The van der Waals surface area contributed by atoms with Gasteiger partial charge in [-0.2, -0.15) is 0 Å². The summed E-state index contributed by atoms with van der Waals surface area (Å²) in [6.45, 7) is 1.66. The van der Waals surface area contributed by atoms with Crippen molar-refractivity contribution in [3.63, 3.8) is 0 Å². The summed E-state index contributed by atoms with van der Waals surface area (Å²) in [5, 5.41) is 12.1. The zero-order chi connectivity index (χ0) is 24.8. The van der Waals surface area contributed by atoms with Crippen LogP contribution in [0, 0.1) is 0 Å². The van der Waals surface area contributed by atoms with Crippen molar-refractivity contribution < 1.29 is 14.7 Å². The number of allylic oxidation sites excluding steroid dienone is 2. The molecule has 7 heteroatoms. The second kappa shape index (κ2) is 11.1. The smallest absolute Gasteiger partial charge is 0.330 e. The van der Waals surface area contributed by atoms with Crippen molar-refractivity contribution in [3.05, 3.63) is 113 Å². The molecule has 0 aromatic heterocycles. The highest BCUT2D eigenvalue weighted by molar-refractivity contribution is 8.04. The molecule has 1 amide bonds. The third kappa shape index (κ3) is 6.00. The van der Waals surface area contributed by atoms with Gasteiger partial charge in [-0.05, 0) is 47.1 Å². The van der Waals surface area contributed by atoms with Crippen molar-refractivity contribution in [2.75, 3.05) is 0 Å². The van der Waals surface area contributed by atoms with E-state index in [9.17, 15) is 14.7 Å². The maximum absolute atomic E-state index is 13.2. The summed E-state index contributed by atoms with van der Waals surface area (Å²) in [7, 11) is 0. The van der Waals surface area contributed by atoms with Gasteiger partial charge < -0.3 is 16.2 Å². The highest BCUT2D eigenvalue weighted by Gasteiger charge is 2.33. The first-order chi connectivity index (χ1) is 16.9. The number of nitrogens with two attached hydrogens (primary N) is 1. The first-order valence-corrected chi connectivity index (χ1v) is 12.2. The lowest BCUT2D eigenvalue weighted by Gasteiger charge is -2.21. The van der Waals surface area contributed by atoms with Crippen LogP contribution in [0.15, 0.2) is 101 Å². The Bertz CT molecular complexity index is 1220. The number of thioether (sulfide) groups is 1. The molecule has 1 unspecified atom stereocenters. The highest BCUT2D eigenvalue weighted by Crippen LogP contribution is 2.45. The Morgan fingerprint density at radius 2 is 1.57 bits per heavy atom.